The van der Waals surface area contributed by atoms with Crippen molar-refractivity contribution < 1.29 is 14.1 Å². The Hall–Kier alpha value is 0.685. The first-order valence-corrected chi connectivity index (χ1v) is 5.67. The summed E-state index contributed by atoms with van der Waals surface area (Å²) in [4.78, 5) is 0. The summed E-state index contributed by atoms with van der Waals surface area (Å²) in [5, 5.41) is 0. The molecule has 48 valence electrons. The zero-order valence-corrected chi connectivity index (χ0v) is 4.89. The summed E-state index contributed by atoms with van der Waals surface area (Å²) in [6, 6.07) is 0. The molecule has 0 aliphatic carbocycles. The van der Waals surface area contributed by atoms with Crippen LogP contribution in [0.1, 0.15) is 0 Å². The van der Waals surface area contributed by atoms with E-state index in [4.69, 9.17) is 0 Å². The Morgan fingerprint density at radius 2 is 0.714 bits per heavy atom. The van der Waals surface area contributed by atoms with Gasteiger partial charge < -0.3 is 0 Å². The molecule has 0 rings (SSSR count). The molecule has 0 aromatic carbocycles. The van der Waals surface area contributed by atoms with E-state index in [9.17, 15) is 14.1 Å². The van der Waals surface area contributed by atoms with Crippen molar-refractivity contribution in [1.29, 1.82) is 0 Å². The van der Waals surface area contributed by atoms with Crippen LogP contribution in [0.3, 0.4) is 0 Å². The van der Waals surface area contributed by atoms with Crippen molar-refractivity contribution in [3.8, 4) is 0 Å². The van der Waals surface area contributed by atoms with Gasteiger partial charge in [0.1, 0.15) is 0 Å². The van der Waals surface area contributed by atoms with Gasteiger partial charge in [-0.15, -0.1) is 0 Å². The Kier molecular flexibility index (Phi) is 2.87. The number of rotatable bonds is 0. The number of hydrogen-bond acceptors (Lipinski definition) is 0. The summed E-state index contributed by atoms with van der Waals surface area (Å²) < 4.78 is 49.6. The molecule has 0 aromatic rings. The minimum atomic E-state index is -9.19. The van der Waals surface area contributed by atoms with Crippen molar-refractivity contribution in [2.75, 3.05) is 0 Å². The molecule has 7 heavy (non-hydrogen) atoms. The van der Waals surface area contributed by atoms with Crippen molar-refractivity contribution in [3.63, 3.8) is 0 Å². The average Bonchev–Trinajstić information content (AvgIpc) is 0.650. The van der Waals surface area contributed by atoms with Crippen molar-refractivity contribution in [2.45, 2.75) is 0 Å². The van der Waals surface area contributed by atoms with Gasteiger partial charge in [0, 0.05) is 0 Å². The quantitative estimate of drug-likeness (QED) is 0.427. The van der Waals surface area contributed by atoms with Gasteiger partial charge in [-0.25, -0.2) is 0 Å². The van der Waals surface area contributed by atoms with Gasteiger partial charge in [0.05, 0.1) is 0 Å². The smallest absolute Gasteiger partial charge is 0.0149 e. The monoisotopic (exact) mass is 248 g/mol. The summed E-state index contributed by atoms with van der Waals surface area (Å²) in [5.41, 5.74) is 0. The van der Waals surface area contributed by atoms with E-state index < -0.39 is 20.3 Å². The minimum Gasteiger partial charge on any atom is -0.0149 e. The molecule has 0 N–H and O–H groups in total. The third-order valence-electron chi connectivity index (χ3n) is 0. The van der Waals surface area contributed by atoms with E-state index in [1.54, 1.807) is 0 Å². The normalized spacial score (nSPS) is 16.4. The minimum absolute atomic E-state index is 0. The maximum atomic E-state index is 9.91. The molecule has 0 aliphatic heterocycles. The second-order valence-electron chi connectivity index (χ2n) is 0.639. The van der Waals surface area contributed by atoms with Crippen LogP contribution in [0.5, 0.6) is 0 Å². The maximum Gasteiger partial charge on any atom is -0.0149 e. The Balaban J connectivity index is 0. The molecule has 7 heteroatoms. The second-order valence-corrected chi connectivity index (χ2v) is 4.29. The van der Waals surface area contributed by atoms with Gasteiger partial charge in [0.2, 0.25) is 0 Å². The van der Waals surface area contributed by atoms with E-state index in [1.165, 1.54) is 0 Å². The van der Waals surface area contributed by atoms with Gasteiger partial charge >= 0.3 is 34.4 Å². The number of hydrogen-bond donors (Lipinski definition) is 0. The SMILES string of the molecule is [F][Sb]([F])([F])([F])[F].[SiH4]. The summed E-state index contributed by atoms with van der Waals surface area (Å²) in [5.74, 6) is 0. The molecule has 0 saturated heterocycles. The Morgan fingerprint density at radius 3 is 0.714 bits per heavy atom. The molecular weight excluding hydrogens is 245 g/mol. The first-order chi connectivity index (χ1) is 2.24. The van der Waals surface area contributed by atoms with E-state index in [0.717, 1.165) is 0 Å². The molecule has 0 fully saturated rings. The molecule has 0 radical (unpaired) electrons. The molecule has 0 aromatic heterocycles. The largest absolute Gasteiger partial charge is 0.0149 e. The fourth-order valence-electron chi connectivity index (χ4n) is 0. The molecular formula is H4F5SbSi. The molecule has 0 heterocycles. The summed E-state index contributed by atoms with van der Waals surface area (Å²) in [6.45, 7) is 0. The van der Waals surface area contributed by atoms with Crippen molar-refractivity contribution in [2.24, 2.45) is 0 Å². The summed E-state index contributed by atoms with van der Waals surface area (Å²) in [7, 11) is 0. The molecule has 0 amide bonds. The molecule has 0 spiro atoms. The van der Waals surface area contributed by atoms with Crippen LogP contribution in [0, 0.1) is 0 Å². The van der Waals surface area contributed by atoms with Crippen LogP contribution in [-0.2, 0) is 0 Å². The van der Waals surface area contributed by atoms with Crippen LogP contribution < -0.4 is 0 Å². The summed E-state index contributed by atoms with van der Waals surface area (Å²) >= 11 is -9.19. The van der Waals surface area contributed by atoms with E-state index in [1.807, 2.05) is 0 Å². The molecule has 0 atom stereocenters. The van der Waals surface area contributed by atoms with Crippen LogP contribution in [-0.4, -0.2) is 31.3 Å². The molecule has 0 bridgehead atoms. The van der Waals surface area contributed by atoms with Gasteiger partial charge in [-0.1, -0.05) is 0 Å². The molecule has 0 aliphatic rings. The Labute approximate surface area is 45.8 Å². The van der Waals surface area contributed by atoms with Crippen molar-refractivity contribution in [3.05, 3.63) is 0 Å². The van der Waals surface area contributed by atoms with Crippen LogP contribution in [0.25, 0.3) is 0 Å². The van der Waals surface area contributed by atoms with E-state index in [-0.39, 0.29) is 11.0 Å². The van der Waals surface area contributed by atoms with Gasteiger partial charge in [0.25, 0.3) is 0 Å². The first kappa shape index (κ1) is 10.6. The van der Waals surface area contributed by atoms with Gasteiger partial charge in [-0.05, 0) is 11.0 Å². The van der Waals surface area contributed by atoms with Gasteiger partial charge in [-0.3, -0.25) is 0 Å². The Morgan fingerprint density at radius 1 is 0.714 bits per heavy atom. The fraction of sp³-hybridized carbons (Fsp3) is 0. The first-order valence-electron chi connectivity index (χ1n) is 0.845. The predicted molar refractivity (Wildman–Crippen MR) is 22.6 cm³/mol. The second kappa shape index (κ2) is 1.89. The number of halogens is 5. The predicted octanol–water partition coefficient (Wildman–Crippen LogP) is 0.269. The van der Waals surface area contributed by atoms with Crippen LogP contribution in [0.15, 0.2) is 0 Å². The third kappa shape index (κ3) is 313. The van der Waals surface area contributed by atoms with Crippen molar-refractivity contribution in [1.82, 2.24) is 0 Å². The Bertz CT molecular complexity index is 41.3. The molecule has 0 nitrogen and oxygen atoms in total. The van der Waals surface area contributed by atoms with Crippen LogP contribution in [0.4, 0.5) is 14.1 Å². The molecule has 0 unspecified atom stereocenters. The maximum absolute atomic E-state index is 9.91. The van der Waals surface area contributed by atoms with Crippen molar-refractivity contribution >= 4 is 31.3 Å². The fourth-order valence-corrected chi connectivity index (χ4v) is 0. The zero-order chi connectivity index (χ0) is 5.45. The summed E-state index contributed by atoms with van der Waals surface area (Å²) in [6.07, 6.45) is 0. The average molecular weight is 249 g/mol. The van der Waals surface area contributed by atoms with Gasteiger partial charge in [-0.2, -0.15) is 0 Å². The van der Waals surface area contributed by atoms with E-state index >= 15 is 0 Å². The zero-order valence-electron chi connectivity index (χ0n) is 2.34. The van der Waals surface area contributed by atoms with E-state index in [0.29, 0.717) is 0 Å². The third-order valence-corrected chi connectivity index (χ3v) is 0. The van der Waals surface area contributed by atoms with Crippen LogP contribution >= 0.6 is 0 Å². The van der Waals surface area contributed by atoms with E-state index in [2.05, 4.69) is 0 Å². The van der Waals surface area contributed by atoms with Gasteiger partial charge in [0.15, 0.2) is 0 Å². The topological polar surface area (TPSA) is 0 Å². The standard InChI is InChI=1S/5FH.Sb.H4Si/h5*1H;;1H4/q;;;;;+5;/p-5. The van der Waals surface area contributed by atoms with Crippen LogP contribution in [0.2, 0.25) is 0 Å². The molecule has 0 saturated carbocycles.